The molecule has 0 aromatic heterocycles. The molecular formula is C46H79NO. The lowest BCUT2D eigenvalue weighted by molar-refractivity contribution is 0.408. The van der Waals surface area contributed by atoms with Crippen molar-refractivity contribution >= 4 is 16.8 Å². The molecule has 274 valence electrons. The van der Waals surface area contributed by atoms with Gasteiger partial charge in [0.05, 0.1) is 6.04 Å². The molecule has 2 heteroatoms. The summed E-state index contributed by atoms with van der Waals surface area (Å²) in [5.41, 5.74) is 10.8. The van der Waals surface area contributed by atoms with Gasteiger partial charge in [-0.25, -0.2) is 0 Å². The number of nitrogens with zero attached hydrogens (tertiary/aromatic N) is 1. The lowest BCUT2D eigenvalue weighted by Crippen LogP contribution is -2.24. The zero-order valence-corrected chi connectivity index (χ0v) is 35.2. The van der Waals surface area contributed by atoms with Crippen LogP contribution < -0.4 is 9.64 Å². The molecule has 0 radical (unpaired) electrons. The first-order valence-corrected chi connectivity index (χ1v) is 19.4. The summed E-state index contributed by atoms with van der Waals surface area (Å²) in [5, 5.41) is 0. The van der Waals surface area contributed by atoms with Crippen molar-refractivity contribution in [3.63, 3.8) is 0 Å². The number of allylic oxidation sites excluding steroid dienone is 6. The van der Waals surface area contributed by atoms with E-state index in [-0.39, 0.29) is 6.04 Å². The van der Waals surface area contributed by atoms with E-state index in [9.17, 15) is 0 Å². The summed E-state index contributed by atoms with van der Waals surface area (Å²) in [6, 6.07) is 12.9. The van der Waals surface area contributed by atoms with Gasteiger partial charge in [-0.15, -0.1) is 0 Å². The van der Waals surface area contributed by atoms with E-state index in [4.69, 9.17) is 4.74 Å². The van der Waals surface area contributed by atoms with Crippen molar-refractivity contribution in [3.05, 3.63) is 94.8 Å². The molecule has 0 saturated carbocycles. The first-order chi connectivity index (χ1) is 23.0. The van der Waals surface area contributed by atoms with E-state index in [1.54, 1.807) is 5.57 Å². The van der Waals surface area contributed by atoms with E-state index in [2.05, 4.69) is 123 Å². The number of rotatable bonds is 11. The Kier molecular flexibility index (Phi) is 29.8. The summed E-state index contributed by atoms with van der Waals surface area (Å²) in [5.74, 6) is 2.73. The third-order valence-corrected chi connectivity index (χ3v) is 8.27. The number of anilines is 1. The number of hydrogen-bond donors (Lipinski definition) is 0. The van der Waals surface area contributed by atoms with Gasteiger partial charge in [-0.2, -0.15) is 0 Å². The van der Waals surface area contributed by atoms with Gasteiger partial charge in [0.25, 0.3) is 0 Å². The number of ether oxygens (including phenoxy) is 1. The monoisotopic (exact) mass is 662 g/mol. The SMILES string of the molecule is C=C(C)c1ccccc1N(C)C(C)c1cc(C)cc2c1OC(C)=C(C)C2=C.CC.CC.CC.CC.CC/C=C(\CC)C(CCC)CCC. The fraction of sp³-hybridized carbons (Fsp3) is 0.565. The Morgan fingerprint density at radius 2 is 1.38 bits per heavy atom. The number of benzene rings is 2. The molecule has 0 N–H and O–H groups in total. The average molecular weight is 662 g/mol. The molecule has 1 unspecified atom stereocenters. The van der Waals surface area contributed by atoms with Gasteiger partial charge in [-0.05, 0) is 101 Å². The van der Waals surface area contributed by atoms with Crippen molar-refractivity contribution in [2.45, 2.75) is 162 Å². The molecule has 2 nitrogen and oxygen atoms in total. The third kappa shape index (κ3) is 15.0. The fourth-order valence-corrected chi connectivity index (χ4v) is 5.73. The van der Waals surface area contributed by atoms with Gasteiger partial charge in [0, 0.05) is 29.4 Å². The van der Waals surface area contributed by atoms with Crippen LogP contribution in [0.2, 0.25) is 0 Å². The highest BCUT2D eigenvalue weighted by atomic mass is 16.5. The van der Waals surface area contributed by atoms with Crippen LogP contribution in [0.15, 0.2) is 72.5 Å². The van der Waals surface area contributed by atoms with Crippen LogP contribution in [0.25, 0.3) is 11.1 Å². The molecule has 0 aliphatic carbocycles. The average Bonchev–Trinajstić information content (AvgIpc) is 3.12. The largest absolute Gasteiger partial charge is 0.461 e. The van der Waals surface area contributed by atoms with E-state index < -0.39 is 0 Å². The third-order valence-electron chi connectivity index (χ3n) is 8.27. The van der Waals surface area contributed by atoms with Gasteiger partial charge >= 0.3 is 0 Å². The van der Waals surface area contributed by atoms with Crippen LogP contribution in [0.3, 0.4) is 0 Å². The lowest BCUT2D eigenvalue weighted by atomic mass is 9.88. The van der Waals surface area contributed by atoms with E-state index in [0.717, 1.165) is 39.7 Å². The minimum atomic E-state index is 0.137. The second kappa shape index (κ2) is 29.0. The zero-order chi connectivity index (χ0) is 38.0. The quantitative estimate of drug-likeness (QED) is 0.222. The Morgan fingerprint density at radius 1 is 0.854 bits per heavy atom. The Labute approximate surface area is 301 Å². The van der Waals surface area contributed by atoms with Crippen LogP contribution in [0.5, 0.6) is 5.75 Å². The Balaban J connectivity index is -0.000000815. The van der Waals surface area contributed by atoms with Crippen LogP contribution in [-0.2, 0) is 0 Å². The summed E-state index contributed by atoms with van der Waals surface area (Å²) in [6.07, 6.45) is 10.3. The standard InChI is InChI=1S/C25H29NO.C13H26.4C2H6/c1-15(2)21-11-9-10-12-24(21)26(8)19(6)23-14-16(3)13-22-18(5)17(4)20(7)27-25(22)23;1-5-9-12(8-4)13(10-6-2)11-7-3;4*1-2/h9-14,19H,1,5H2,2-4,6-8H3;9,13H,5-8,10-11H2,1-4H3;4*1-2H3/b;12-9+;;;;. The fourth-order valence-electron chi connectivity index (χ4n) is 5.73. The molecule has 1 aliphatic heterocycles. The Morgan fingerprint density at radius 3 is 1.83 bits per heavy atom. The van der Waals surface area contributed by atoms with E-state index >= 15 is 0 Å². The van der Waals surface area contributed by atoms with Crippen molar-refractivity contribution < 1.29 is 4.74 Å². The number of aryl methyl sites for hydroxylation is 1. The molecule has 0 bridgehead atoms. The number of para-hydroxylation sites is 1. The highest BCUT2D eigenvalue weighted by Crippen LogP contribution is 2.44. The van der Waals surface area contributed by atoms with Crippen molar-refractivity contribution in [2.75, 3.05) is 11.9 Å². The maximum atomic E-state index is 6.26. The minimum Gasteiger partial charge on any atom is -0.461 e. The molecule has 2 aromatic rings. The normalized spacial score (nSPS) is 12.1. The van der Waals surface area contributed by atoms with Crippen LogP contribution >= 0.6 is 0 Å². The minimum absolute atomic E-state index is 0.137. The van der Waals surface area contributed by atoms with Gasteiger partial charge in [0.2, 0.25) is 0 Å². The Hall–Kier alpha value is -3.00. The van der Waals surface area contributed by atoms with Crippen molar-refractivity contribution in [3.8, 4) is 5.75 Å². The molecule has 0 spiro atoms. The summed E-state index contributed by atoms with van der Waals surface area (Å²) < 4.78 is 6.26. The molecular weight excluding hydrogens is 583 g/mol. The molecule has 1 aliphatic rings. The predicted octanol–water partition coefficient (Wildman–Crippen LogP) is 16.0. The molecule has 1 atom stereocenters. The van der Waals surface area contributed by atoms with Gasteiger partial charge < -0.3 is 9.64 Å². The molecule has 0 fully saturated rings. The first-order valence-electron chi connectivity index (χ1n) is 19.4. The second-order valence-electron chi connectivity index (χ2n) is 11.4. The second-order valence-corrected chi connectivity index (χ2v) is 11.4. The zero-order valence-electron chi connectivity index (χ0n) is 35.2. The number of hydrogen-bond acceptors (Lipinski definition) is 2. The molecule has 1 heterocycles. The summed E-state index contributed by atoms with van der Waals surface area (Å²) >= 11 is 0. The van der Waals surface area contributed by atoms with Crippen molar-refractivity contribution in [2.24, 2.45) is 5.92 Å². The van der Waals surface area contributed by atoms with Gasteiger partial charge in [0.15, 0.2) is 0 Å². The highest BCUT2D eigenvalue weighted by molar-refractivity contribution is 5.84. The predicted molar refractivity (Wildman–Crippen MR) is 225 cm³/mol. The van der Waals surface area contributed by atoms with E-state index in [0.29, 0.717) is 0 Å². The van der Waals surface area contributed by atoms with Gasteiger partial charge in [-0.3, -0.25) is 0 Å². The van der Waals surface area contributed by atoms with Crippen LogP contribution in [0.1, 0.15) is 178 Å². The van der Waals surface area contributed by atoms with Crippen LogP contribution in [-0.4, -0.2) is 7.05 Å². The summed E-state index contributed by atoms with van der Waals surface area (Å²) in [7, 11) is 2.13. The molecule has 2 aromatic carbocycles. The first kappa shape index (κ1) is 49.4. The Bertz CT molecular complexity index is 1220. The summed E-state index contributed by atoms with van der Waals surface area (Å²) in [4.78, 5) is 2.30. The van der Waals surface area contributed by atoms with Crippen LogP contribution in [0, 0.1) is 12.8 Å². The number of fused-ring (bicyclic) bond motifs is 1. The van der Waals surface area contributed by atoms with E-state index in [1.807, 2.05) is 62.3 Å². The molecule has 3 rings (SSSR count). The smallest absolute Gasteiger partial charge is 0.140 e. The van der Waals surface area contributed by atoms with Crippen molar-refractivity contribution in [1.82, 2.24) is 0 Å². The van der Waals surface area contributed by atoms with Crippen LogP contribution in [0.4, 0.5) is 5.69 Å². The molecule has 0 amide bonds. The topological polar surface area (TPSA) is 12.5 Å². The van der Waals surface area contributed by atoms with Gasteiger partial charge in [-0.1, -0.05) is 145 Å². The van der Waals surface area contributed by atoms with E-state index in [1.165, 1.54) is 60.9 Å². The van der Waals surface area contributed by atoms with Crippen molar-refractivity contribution in [1.29, 1.82) is 0 Å². The molecule has 48 heavy (non-hydrogen) atoms. The maximum Gasteiger partial charge on any atom is 0.140 e. The lowest BCUT2D eigenvalue weighted by Gasteiger charge is -2.33. The van der Waals surface area contributed by atoms with Gasteiger partial charge in [0.1, 0.15) is 11.5 Å². The summed E-state index contributed by atoms with van der Waals surface area (Å²) in [6.45, 7) is 44.1. The molecule has 0 saturated heterocycles. The maximum absolute atomic E-state index is 6.26. The highest BCUT2D eigenvalue weighted by Gasteiger charge is 2.26.